The number of hydrogen-bond donors (Lipinski definition) is 0. The molecule has 0 aromatic carbocycles. The van der Waals surface area contributed by atoms with Crippen molar-refractivity contribution in [3.63, 3.8) is 0 Å². The normalized spacial score (nSPS) is 10.7. The standard InChI is InChI=1S/C12H20N4O3S/c1-6-19-9(17)7-20-11-13-10(8(2)3)14-16(11)12(18)15(4)5/h8H,6-7H2,1-5H3. The predicted molar refractivity (Wildman–Crippen MR) is 75.9 cm³/mol. The molecule has 1 heterocycles. The Hall–Kier alpha value is -1.57. The van der Waals surface area contributed by atoms with E-state index < -0.39 is 0 Å². The molecule has 7 nitrogen and oxygen atoms in total. The van der Waals surface area contributed by atoms with Gasteiger partial charge in [0.15, 0.2) is 11.0 Å². The van der Waals surface area contributed by atoms with E-state index in [1.54, 1.807) is 21.0 Å². The third-order valence-corrected chi connectivity index (χ3v) is 3.20. The molecule has 0 bridgehead atoms. The Kier molecular flexibility index (Phi) is 6.00. The van der Waals surface area contributed by atoms with Crippen molar-refractivity contribution in [3.8, 4) is 0 Å². The van der Waals surface area contributed by atoms with Gasteiger partial charge in [0.05, 0.1) is 12.4 Å². The molecular formula is C12H20N4O3S. The zero-order valence-corrected chi connectivity index (χ0v) is 13.2. The van der Waals surface area contributed by atoms with Crippen LogP contribution < -0.4 is 0 Å². The van der Waals surface area contributed by atoms with Gasteiger partial charge in [-0.1, -0.05) is 25.6 Å². The van der Waals surface area contributed by atoms with Gasteiger partial charge in [-0.25, -0.2) is 9.78 Å². The van der Waals surface area contributed by atoms with Gasteiger partial charge in [-0.3, -0.25) is 4.79 Å². The SMILES string of the molecule is CCOC(=O)CSc1nc(C(C)C)nn1C(=O)N(C)C. The zero-order valence-electron chi connectivity index (χ0n) is 12.4. The number of esters is 1. The smallest absolute Gasteiger partial charge is 0.346 e. The molecule has 0 spiro atoms. The molecule has 1 amide bonds. The van der Waals surface area contributed by atoms with Crippen LogP contribution in [0.25, 0.3) is 0 Å². The molecule has 0 saturated heterocycles. The van der Waals surface area contributed by atoms with Crippen molar-refractivity contribution in [2.75, 3.05) is 26.5 Å². The highest BCUT2D eigenvalue weighted by Gasteiger charge is 2.20. The minimum absolute atomic E-state index is 0.102. The monoisotopic (exact) mass is 300 g/mol. The van der Waals surface area contributed by atoms with E-state index >= 15 is 0 Å². The highest BCUT2D eigenvalue weighted by molar-refractivity contribution is 7.99. The fraction of sp³-hybridized carbons (Fsp3) is 0.667. The molecule has 0 aliphatic carbocycles. The Morgan fingerprint density at radius 1 is 1.40 bits per heavy atom. The summed E-state index contributed by atoms with van der Waals surface area (Å²) in [6.07, 6.45) is 0. The lowest BCUT2D eigenvalue weighted by molar-refractivity contribution is -0.139. The second-order valence-electron chi connectivity index (χ2n) is 4.59. The average Bonchev–Trinajstić information content (AvgIpc) is 2.79. The van der Waals surface area contributed by atoms with Crippen LogP contribution in [0.1, 0.15) is 32.5 Å². The fourth-order valence-corrected chi connectivity index (χ4v) is 2.02. The van der Waals surface area contributed by atoms with E-state index in [4.69, 9.17) is 4.74 Å². The third-order valence-electron chi connectivity index (χ3n) is 2.30. The number of carbonyl (C=O) groups is 2. The van der Waals surface area contributed by atoms with Crippen LogP contribution in [0.4, 0.5) is 4.79 Å². The first kappa shape index (κ1) is 16.5. The number of ether oxygens (including phenoxy) is 1. The van der Waals surface area contributed by atoms with Gasteiger partial charge < -0.3 is 9.64 Å². The summed E-state index contributed by atoms with van der Waals surface area (Å²) in [5.41, 5.74) is 0. The second-order valence-corrected chi connectivity index (χ2v) is 5.53. The Morgan fingerprint density at radius 3 is 2.55 bits per heavy atom. The van der Waals surface area contributed by atoms with Gasteiger partial charge in [0, 0.05) is 20.0 Å². The van der Waals surface area contributed by atoms with Crippen LogP contribution >= 0.6 is 11.8 Å². The van der Waals surface area contributed by atoms with Crippen molar-refractivity contribution in [1.82, 2.24) is 19.7 Å². The number of amides is 1. The van der Waals surface area contributed by atoms with Gasteiger partial charge in [-0.05, 0) is 6.92 Å². The maximum absolute atomic E-state index is 12.0. The van der Waals surface area contributed by atoms with Gasteiger partial charge in [-0.2, -0.15) is 4.68 Å². The summed E-state index contributed by atoms with van der Waals surface area (Å²) in [6.45, 7) is 5.97. The topological polar surface area (TPSA) is 77.3 Å². The molecule has 8 heteroatoms. The molecule has 1 rings (SSSR count). The highest BCUT2D eigenvalue weighted by atomic mass is 32.2. The van der Waals surface area contributed by atoms with Gasteiger partial charge >= 0.3 is 12.0 Å². The lowest BCUT2D eigenvalue weighted by atomic mass is 10.2. The second kappa shape index (κ2) is 7.28. The summed E-state index contributed by atoms with van der Waals surface area (Å²) >= 11 is 1.15. The van der Waals surface area contributed by atoms with Crippen LogP contribution in [0.5, 0.6) is 0 Å². The molecule has 0 fully saturated rings. The molecule has 0 aliphatic rings. The fourth-order valence-electron chi connectivity index (χ4n) is 1.29. The minimum Gasteiger partial charge on any atom is -0.465 e. The molecule has 0 radical (unpaired) electrons. The first-order valence-electron chi connectivity index (χ1n) is 6.33. The van der Waals surface area contributed by atoms with Crippen LogP contribution in [-0.4, -0.2) is 58.1 Å². The first-order valence-corrected chi connectivity index (χ1v) is 7.32. The molecule has 1 aromatic heterocycles. The van der Waals surface area contributed by atoms with Crippen molar-refractivity contribution >= 4 is 23.8 Å². The van der Waals surface area contributed by atoms with Crippen molar-refractivity contribution in [1.29, 1.82) is 0 Å². The summed E-state index contributed by atoms with van der Waals surface area (Å²) in [4.78, 5) is 29.1. The summed E-state index contributed by atoms with van der Waals surface area (Å²) in [5, 5.41) is 4.60. The predicted octanol–water partition coefficient (Wildman–Crippen LogP) is 1.59. The van der Waals surface area contributed by atoms with E-state index in [1.807, 2.05) is 13.8 Å². The van der Waals surface area contributed by atoms with Crippen LogP contribution in [0.3, 0.4) is 0 Å². The largest absolute Gasteiger partial charge is 0.465 e. The highest BCUT2D eigenvalue weighted by Crippen LogP contribution is 2.19. The van der Waals surface area contributed by atoms with Crippen LogP contribution in [0.15, 0.2) is 5.16 Å². The van der Waals surface area contributed by atoms with Crippen LogP contribution in [0, 0.1) is 0 Å². The van der Waals surface area contributed by atoms with Gasteiger partial charge in [0.1, 0.15) is 0 Å². The maximum atomic E-state index is 12.0. The van der Waals surface area contributed by atoms with E-state index in [0.717, 1.165) is 11.8 Å². The van der Waals surface area contributed by atoms with Crippen LogP contribution in [-0.2, 0) is 9.53 Å². The molecule has 20 heavy (non-hydrogen) atoms. The Balaban J connectivity index is 2.92. The molecule has 0 aliphatic heterocycles. The van der Waals surface area contributed by atoms with E-state index in [2.05, 4.69) is 10.1 Å². The van der Waals surface area contributed by atoms with Crippen LogP contribution in [0.2, 0.25) is 0 Å². The molecule has 0 atom stereocenters. The quantitative estimate of drug-likeness (QED) is 0.607. The molecule has 112 valence electrons. The van der Waals surface area contributed by atoms with E-state index in [-0.39, 0.29) is 23.7 Å². The van der Waals surface area contributed by atoms with Gasteiger partial charge in [-0.15, -0.1) is 5.10 Å². The summed E-state index contributed by atoms with van der Waals surface area (Å²) in [7, 11) is 3.28. The number of thioether (sulfide) groups is 1. The van der Waals surface area contributed by atoms with Gasteiger partial charge in [0.2, 0.25) is 0 Å². The molecular weight excluding hydrogens is 280 g/mol. The first-order chi connectivity index (χ1) is 9.36. The summed E-state index contributed by atoms with van der Waals surface area (Å²) in [5.74, 6) is 0.445. The van der Waals surface area contributed by atoms with Crippen molar-refractivity contribution in [2.45, 2.75) is 31.8 Å². The number of rotatable bonds is 5. The number of carbonyl (C=O) groups excluding carboxylic acids is 2. The molecule has 1 aromatic rings. The third kappa shape index (κ3) is 4.22. The zero-order chi connectivity index (χ0) is 15.3. The average molecular weight is 300 g/mol. The van der Waals surface area contributed by atoms with E-state index in [0.29, 0.717) is 17.6 Å². The lowest BCUT2D eigenvalue weighted by Crippen LogP contribution is -2.29. The van der Waals surface area contributed by atoms with Crippen molar-refractivity contribution in [3.05, 3.63) is 5.82 Å². The number of aromatic nitrogens is 3. The number of hydrogen-bond acceptors (Lipinski definition) is 6. The van der Waals surface area contributed by atoms with Gasteiger partial charge in [0.25, 0.3) is 0 Å². The summed E-state index contributed by atoms with van der Waals surface area (Å²) in [6, 6.07) is -0.296. The Labute approximate surface area is 122 Å². The Morgan fingerprint density at radius 2 is 2.05 bits per heavy atom. The lowest BCUT2D eigenvalue weighted by Gasteiger charge is -2.10. The number of nitrogens with zero attached hydrogens (tertiary/aromatic N) is 4. The van der Waals surface area contributed by atoms with E-state index in [9.17, 15) is 9.59 Å². The van der Waals surface area contributed by atoms with Crippen molar-refractivity contribution in [2.24, 2.45) is 0 Å². The summed E-state index contributed by atoms with van der Waals surface area (Å²) < 4.78 is 6.07. The molecule has 0 unspecified atom stereocenters. The Bertz CT molecular complexity index is 485. The maximum Gasteiger partial charge on any atom is 0.346 e. The molecule has 0 saturated carbocycles. The van der Waals surface area contributed by atoms with Crippen molar-refractivity contribution < 1.29 is 14.3 Å². The molecule has 0 N–H and O–H groups in total. The minimum atomic E-state index is -0.338. The van der Waals surface area contributed by atoms with E-state index in [1.165, 1.54) is 9.58 Å².